The minimum Gasteiger partial charge on any atom is -0.463 e. The third kappa shape index (κ3) is 3.93. The Morgan fingerprint density at radius 3 is 2.64 bits per heavy atom. The Morgan fingerprint density at radius 2 is 1.91 bits per heavy atom. The molecule has 1 fully saturated rings. The summed E-state index contributed by atoms with van der Waals surface area (Å²) in [5, 5.41) is 4.43. The fraction of sp³-hybridized carbons (Fsp3) is 0.308. The molecule has 0 spiro atoms. The molecule has 0 bridgehead atoms. The van der Waals surface area contributed by atoms with Crippen LogP contribution in [0.1, 0.15) is 29.5 Å². The number of benzene rings is 2. The van der Waals surface area contributed by atoms with E-state index in [1.165, 1.54) is 12.1 Å². The molecule has 5 rings (SSSR count). The Morgan fingerprint density at radius 1 is 1.12 bits per heavy atom. The number of carbonyl (C=O) groups is 1. The molecule has 170 valence electrons. The molecule has 1 amide bonds. The Labute approximate surface area is 189 Å². The number of hydrogen-bond acceptors (Lipinski definition) is 5. The summed E-state index contributed by atoms with van der Waals surface area (Å²) < 4.78 is 30.4. The van der Waals surface area contributed by atoms with Crippen molar-refractivity contribution >= 4 is 27.8 Å². The maximum atomic E-state index is 13.4. The van der Waals surface area contributed by atoms with Crippen LogP contribution in [0.15, 0.2) is 50.2 Å². The first-order chi connectivity index (χ1) is 15.9. The van der Waals surface area contributed by atoms with Gasteiger partial charge in [0, 0.05) is 35.1 Å². The molecular formula is C26H24FNO5. The molecule has 1 aliphatic heterocycles. The molecule has 2 aromatic heterocycles. The van der Waals surface area contributed by atoms with Gasteiger partial charge in [-0.15, -0.1) is 0 Å². The van der Waals surface area contributed by atoms with E-state index in [1.807, 2.05) is 19.9 Å². The Balaban J connectivity index is 1.54. The van der Waals surface area contributed by atoms with Gasteiger partial charge in [-0.2, -0.15) is 0 Å². The number of halogens is 1. The highest BCUT2D eigenvalue weighted by atomic mass is 19.1. The van der Waals surface area contributed by atoms with Crippen molar-refractivity contribution in [2.24, 2.45) is 0 Å². The molecule has 1 aliphatic rings. The lowest BCUT2D eigenvalue weighted by atomic mass is 9.97. The standard InChI is InChI=1S/C26H24FNO5/c1-14-19-10-21-22(16-5-7-17(27)8-6-16)13-32-24(21)15(2)25(19)33-26(30)20(14)11-23(29)28-12-18-4-3-9-31-18/h5-8,10,13,18H,3-4,9,11-12H2,1-2H3,(H,28,29). The van der Waals surface area contributed by atoms with Crippen LogP contribution in [0.4, 0.5) is 4.39 Å². The van der Waals surface area contributed by atoms with Gasteiger partial charge in [0.2, 0.25) is 5.91 Å². The molecule has 7 heteroatoms. The van der Waals surface area contributed by atoms with Gasteiger partial charge in [-0.25, -0.2) is 9.18 Å². The number of aryl methyl sites for hydroxylation is 2. The molecule has 1 atom stereocenters. The van der Waals surface area contributed by atoms with Crippen LogP contribution in [0.25, 0.3) is 33.1 Å². The highest BCUT2D eigenvalue weighted by Crippen LogP contribution is 2.37. The van der Waals surface area contributed by atoms with Gasteiger partial charge in [-0.05, 0) is 56.0 Å². The van der Waals surface area contributed by atoms with Gasteiger partial charge in [-0.3, -0.25) is 4.79 Å². The number of amides is 1. The van der Waals surface area contributed by atoms with Crippen LogP contribution in [0.5, 0.6) is 0 Å². The van der Waals surface area contributed by atoms with Crippen molar-refractivity contribution in [2.45, 2.75) is 39.2 Å². The number of rotatable bonds is 5. The average Bonchev–Trinajstić information content (AvgIpc) is 3.47. The maximum Gasteiger partial charge on any atom is 0.340 e. The predicted molar refractivity (Wildman–Crippen MR) is 123 cm³/mol. The van der Waals surface area contributed by atoms with Crippen molar-refractivity contribution in [3.8, 4) is 11.1 Å². The summed E-state index contributed by atoms with van der Waals surface area (Å²) in [6, 6.07) is 8.10. The largest absolute Gasteiger partial charge is 0.463 e. The summed E-state index contributed by atoms with van der Waals surface area (Å²) in [6.45, 7) is 4.81. The van der Waals surface area contributed by atoms with Gasteiger partial charge >= 0.3 is 5.63 Å². The number of ether oxygens (including phenoxy) is 1. The van der Waals surface area contributed by atoms with Crippen LogP contribution in [0.3, 0.4) is 0 Å². The van der Waals surface area contributed by atoms with Crippen molar-refractivity contribution in [1.82, 2.24) is 5.32 Å². The van der Waals surface area contributed by atoms with Gasteiger partial charge in [0.15, 0.2) is 0 Å². The minimum absolute atomic E-state index is 0.0324. The molecule has 2 aromatic carbocycles. The van der Waals surface area contributed by atoms with E-state index in [2.05, 4.69) is 5.32 Å². The Hall–Kier alpha value is -3.45. The molecule has 0 saturated carbocycles. The molecule has 0 aliphatic carbocycles. The van der Waals surface area contributed by atoms with E-state index in [4.69, 9.17) is 13.6 Å². The Kier molecular flexibility index (Phi) is 5.50. The molecule has 3 heterocycles. The van der Waals surface area contributed by atoms with Crippen LogP contribution in [-0.4, -0.2) is 25.2 Å². The van der Waals surface area contributed by atoms with E-state index in [-0.39, 0.29) is 24.2 Å². The van der Waals surface area contributed by atoms with Gasteiger partial charge in [0.25, 0.3) is 0 Å². The van der Waals surface area contributed by atoms with E-state index in [0.29, 0.717) is 34.4 Å². The van der Waals surface area contributed by atoms with Crippen LogP contribution < -0.4 is 10.9 Å². The van der Waals surface area contributed by atoms with Crippen molar-refractivity contribution in [1.29, 1.82) is 0 Å². The summed E-state index contributed by atoms with van der Waals surface area (Å²) in [5.74, 6) is -0.554. The molecule has 1 N–H and O–H groups in total. The normalized spacial score (nSPS) is 16.0. The van der Waals surface area contributed by atoms with Gasteiger partial charge in [-0.1, -0.05) is 12.1 Å². The Bertz CT molecular complexity index is 1410. The van der Waals surface area contributed by atoms with Crippen molar-refractivity contribution in [2.75, 3.05) is 13.2 Å². The van der Waals surface area contributed by atoms with Crippen LogP contribution in [0.2, 0.25) is 0 Å². The fourth-order valence-corrected chi connectivity index (χ4v) is 4.51. The second-order valence-electron chi connectivity index (χ2n) is 8.52. The highest BCUT2D eigenvalue weighted by Gasteiger charge is 2.21. The van der Waals surface area contributed by atoms with Crippen LogP contribution in [-0.2, 0) is 16.0 Å². The maximum absolute atomic E-state index is 13.4. The lowest BCUT2D eigenvalue weighted by Crippen LogP contribution is -2.34. The van der Waals surface area contributed by atoms with E-state index in [9.17, 15) is 14.0 Å². The first-order valence-corrected chi connectivity index (χ1v) is 11.0. The summed E-state index contributed by atoms with van der Waals surface area (Å²) >= 11 is 0. The smallest absolute Gasteiger partial charge is 0.340 e. The third-order valence-electron chi connectivity index (χ3n) is 6.39. The topological polar surface area (TPSA) is 81.7 Å². The molecule has 6 nitrogen and oxygen atoms in total. The summed E-state index contributed by atoms with van der Waals surface area (Å²) in [6.07, 6.45) is 3.51. The monoisotopic (exact) mass is 449 g/mol. The highest BCUT2D eigenvalue weighted by molar-refractivity contribution is 6.05. The zero-order valence-corrected chi connectivity index (χ0v) is 18.5. The van der Waals surface area contributed by atoms with E-state index in [1.54, 1.807) is 18.4 Å². The minimum atomic E-state index is -0.528. The summed E-state index contributed by atoms with van der Waals surface area (Å²) in [5.41, 5.74) is 3.88. The quantitative estimate of drug-likeness (QED) is 0.443. The SMILES string of the molecule is Cc1c(CC(=O)NCC2CCCO2)c(=O)oc2c(C)c3occ(-c4ccc(F)cc4)c3cc12. The van der Waals surface area contributed by atoms with Crippen molar-refractivity contribution < 1.29 is 22.8 Å². The molecule has 33 heavy (non-hydrogen) atoms. The molecule has 4 aromatic rings. The average molecular weight is 449 g/mol. The van der Waals surface area contributed by atoms with E-state index < -0.39 is 5.63 Å². The number of nitrogens with one attached hydrogen (secondary N) is 1. The van der Waals surface area contributed by atoms with Crippen LogP contribution in [0, 0.1) is 19.7 Å². The van der Waals surface area contributed by atoms with Gasteiger partial charge < -0.3 is 18.9 Å². The molecule has 1 unspecified atom stereocenters. The second kappa shape index (κ2) is 8.48. The first kappa shape index (κ1) is 21.4. The van der Waals surface area contributed by atoms with Crippen molar-refractivity contribution in [3.63, 3.8) is 0 Å². The molecular weight excluding hydrogens is 425 g/mol. The van der Waals surface area contributed by atoms with Crippen LogP contribution >= 0.6 is 0 Å². The number of carbonyl (C=O) groups excluding carboxylic acids is 1. The number of furan rings is 1. The predicted octanol–water partition coefficient (Wildman–Crippen LogP) is 4.80. The first-order valence-electron chi connectivity index (χ1n) is 11.0. The fourth-order valence-electron chi connectivity index (χ4n) is 4.51. The number of hydrogen-bond donors (Lipinski definition) is 1. The summed E-state index contributed by atoms with van der Waals surface area (Å²) in [4.78, 5) is 25.3. The third-order valence-corrected chi connectivity index (χ3v) is 6.39. The second-order valence-corrected chi connectivity index (χ2v) is 8.52. The zero-order chi connectivity index (χ0) is 23.1. The summed E-state index contributed by atoms with van der Waals surface area (Å²) in [7, 11) is 0. The lowest BCUT2D eigenvalue weighted by Gasteiger charge is -2.12. The van der Waals surface area contributed by atoms with E-state index >= 15 is 0 Å². The zero-order valence-electron chi connectivity index (χ0n) is 18.5. The van der Waals surface area contributed by atoms with Crippen molar-refractivity contribution in [3.05, 3.63) is 69.5 Å². The lowest BCUT2D eigenvalue weighted by molar-refractivity contribution is -0.121. The molecule has 1 saturated heterocycles. The van der Waals surface area contributed by atoms with Gasteiger partial charge in [0.05, 0.1) is 24.4 Å². The van der Waals surface area contributed by atoms with Gasteiger partial charge in [0.1, 0.15) is 17.0 Å². The van der Waals surface area contributed by atoms with E-state index in [0.717, 1.165) is 41.3 Å². The molecule has 0 radical (unpaired) electrons. The number of fused-ring (bicyclic) bond motifs is 2.